The summed E-state index contributed by atoms with van der Waals surface area (Å²) in [4.78, 5) is 13.1. The molecule has 0 bridgehead atoms. The summed E-state index contributed by atoms with van der Waals surface area (Å²) >= 11 is 8.93. The molecule has 1 heterocycles. The van der Waals surface area contributed by atoms with Gasteiger partial charge in [0.15, 0.2) is 0 Å². The maximum Gasteiger partial charge on any atom is 0.240 e. The number of rotatable bonds is 1. The van der Waals surface area contributed by atoms with Crippen LogP contribution in [0, 0.1) is 5.82 Å². The average molecular weight is 293 g/mol. The van der Waals surface area contributed by atoms with Gasteiger partial charge >= 0.3 is 0 Å². The maximum atomic E-state index is 12.9. The normalized spacial score (nSPS) is 21.1. The lowest BCUT2D eigenvalue weighted by atomic mass is 10.3. The van der Waals surface area contributed by atoms with Crippen molar-refractivity contribution >= 4 is 39.1 Å². The van der Waals surface area contributed by atoms with Crippen molar-refractivity contribution in [2.75, 3.05) is 11.4 Å². The van der Waals surface area contributed by atoms with E-state index in [0.717, 1.165) is 6.42 Å². The number of hydrogen-bond donors (Lipinski definition) is 0. The first kappa shape index (κ1) is 10.9. The smallest absolute Gasteiger partial charge is 0.240 e. The van der Waals surface area contributed by atoms with Gasteiger partial charge in [-0.2, -0.15) is 0 Å². The van der Waals surface area contributed by atoms with Gasteiger partial charge < -0.3 is 4.90 Å². The summed E-state index contributed by atoms with van der Waals surface area (Å²) in [6.07, 6.45) is 0.758. The Balaban J connectivity index is 2.31. The lowest BCUT2D eigenvalue weighted by molar-refractivity contribution is -0.116. The van der Waals surface area contributed by atoms with Crippen LogP contribution in [0.3, 0.4) is 0 Å². The van der Waals surface area contributed by atoms with E-state index in [4.69, 9.17) is 11.6 Å². The highest BCUT2D eigenvalue weighted by Crippen LogP contribution is 2.28. The van der Waals surface area contributed by atoms with Gasteiger partial charge in [-0.05, 0) is 24.6 Å². The third-order valence-corrected chi connectivity index (χ3v) is 3.49. The predicted octanol–water partition coefficient (Wildman–Crippen LogP) is 2.98. The Labute approximate surface area is 100 Å². The summed E-state index contributed by atoms with van der Waals surface area (Å²) < 4.78 is 12.9. The molecule has 1 aliphatic rings. The van der Waals surface area contributed by atoms with Gasteiger partial charge in [0.05, 0.1) is 9.85 Å². The van der Waals surface area contributed by atoms with Crippen LogP contribution in [0.1, 0.15) is 6.42 Å². The molecule has 1 fully saturated rings. The maximum absolute atomic E-state index is 12.9. The molecule has 1 aromatic rings. The molecular formula is C10H8BrClFNO. The van der Waals surface area contributed by atoms with Gasteiger partial charge in [0.25, 0.3) is 0 Å². The van der Waals surface area contributed by atoms with Gasteiger partial charge in [-0.1, -0.05) is 27.5 Å². The quantitative estimate of drug-likeness (QED) is 0.729. The standard InChI is InChI=1S/C10H8BrClFNO/c11-7-3-4-14(10(7)15)6-1-2-9(13)8(12)5-6/h1-2,5,7H,3-4H2/t7-/m0/s1. The molecule has 0 unspecified atom stereocenters. The van der Waals surface area contributed by atoms with E-state index in [1.54, 1.807) is 11.0 Å². The van der Waals surface area contributed by atoms with Gasteiger partial charge in [-0.3, -0.25) is 4.79 Å². The Morgan fingerprint density at radius 2 is 2.27 bits per heavy atom. The van der Waals surface area contributed by atoms with E-state index in [0.29, 0.717) is 12.2 Å². The van der Waals surface area contributed by atoms with Gasteiger partial charge in [-0.15, -0.1) is 0 Å². The molecule has 0 aromatic heterocycles. The molecule has 1 saturated heterocycles. The van der Waals surface area contributed by atoms with Crippen LogP contribution in [0.15, 0.2) is 18.2 Å². The Bertz CT molecular complexity index is 412. The number of nitrogens with zero attached hydrogens (tertiary/aromatic N) is 1. The van der Waals surface area contributed by atoms with E-state index in [9.17, 15) is 9.18 Å². The highest BCUT2D eigenvalue weighted by atomic mass is 79.9. The minimum Gasteiger partial charge on any atom is -0.311 e. The molecule has 15 heavy (non-hydrogen) atoms. The lowest BCUT2D eigenvalue weighted by Gasteiger charge is -2.16. The second-order valence-corrected chi connectivity index (χ2v) is 4.86. The van der Waals surface area contributed by atoms with Crippen molar-refractivity contribution in [3.8, 4) is 0 Å². The van der Waals surface area contributed by atoms with Gasteiger partial charge in [-0.25, -0.2) is 4.39 Å². The first-order valence-corrected chi connectivity index (χ1v) is 5.79. The second-order valence-electron chi connectivity index (χ2n) is 3.34. The number of carbonyl (C=O) groups is 1. The van der Waals surface area contributed by atoms with Crippen LogP contribution >= 0.6 is 27.5 Å². The van der Waals surface area contributed by atoms with Crippen molar-refractivity contribution in [2.45, 2.75) is 11.2 Å². The number of benzene rings is 1. The minimum atomic E-state index is -0.470. The van der Waals surface area contributed by atoms with Gasteiger partial charge in [0.2, 0.25) is 5.91 Å². The molecule has 0 saturated carbocycles. The number of carbonyl (C=O) groups excluding carboxylic acids is 1. The Hall–Kier alpha value is -0.610. The topological polar surface area (TPSA) is 20.3 Å². The Morgan fingerprint density at radius 3 is 2.80 bits per heavy atom. The average Bonchev–Trinajstić information content (AvgIpc) is 2.53. The zero-order chi connectivity index (χ0) is 11.0. The van der Waals surface area contributed by atoms with Gasteiger partial charge in [0, 0.05) is 12.2 Å². The summed E-state index contributed by atoms with van der Waals surface area (Å²) in [6, 6.07) is 4.30. The summed E-state index contributed by atoms with van der Waals surface area (Å²) in [5.74, 6) is -0.472. The van der Waals surface area contributed by atoms with E-state index in [1.807, 2.05) is 0 Å². The monoisotopic (exact) mass is 291 g/mol. The fourth-order valence-corrected chi connectivity index (χ4v) is 2.18. The number of halogens is 3. The van der Waals surface area contributed by atoms with Crippen molar-refractivity contribution in [3.05, 3.63) is 29.0 Å². The largest absolute Gasteiger partial charge is 0.311 e. The summed E-state index contributed by atoms with van der Waals surface area (Å²) in [7, 11) is 0. The Kier molecular flexibility index (Phi) is 2.98. The van der Waals surface area contributed by atoms with E-state index in [-0.39, 0.29) is 15.8 Å². The molecule has 5 heteroatoms. The number of alkyl halides is 1. The van der Waals surface area contributed by atoms with Gasteiger partial charge in [0.1, 0.15) is 5.82 Å². The molecular weight excluding hydrogens is 284 g/mol. The molecule has 1 aliphatic heterocycles. The minimum absolute atomic E-state index is 0.00215. The van der Waals surface area contributed by atoms with E-state index < -0.39 is 5.82 Å². The lowest BCUT2D eigenvalue weighted by Crippen LogP contribution is -2.26. The first-order chi connectivity index (χ1) is 7.09. The fourth-order valence-electron chi connectivity index (χ4n) is 1.55. The zero-order valence-corrected chi connectivity index (χ0v) is 10.1. The molecule has 2 rings (SSSR count). The summed E-state index contributed by atoms with van der Waals surface area (Å²) in [5, 5.41) is 0.0401. The molecule has 0 radical (unpaired) electrons. The van der Waals surface area contributed by atoms with E-state index >= 15 is 0 Å². The molecule has 80 valence electrons. The van der Waals surface area contributed by atoms with Crippen LogP contribution in [-0.4, -0.2) is 17.3 Å². The zero-order valence-electron chi connectivity index (χ0n) is 7.71. The molecule has 0 spiro atoms. The van der Waals surface area contributed by atoms with Crippen LogP contribution < -0.4 is 4.90 Å². The van der Waals surface area contributed by atoms with E-state index in [2.05, 4.69) is 15.9 Å². The third-order valence-electron chi connectivity index (χ3n) is 2.35. The number of amides is 1. The van der Waals surface area contributed by atoms with Crippen molar-refractivity contribution < 1.29 is 9.18 Å². The van der Waals surface area contributed by atoms with Crippen LogP contribution in [-0.2, 0) is 4.79 Å². The summed E-state index contributed by atoms with van der Waals surface area (Å²) in [6.45, 7) is 0.636. The fraction of sp³-hybridized carbons (Fsp3) is 0.300. The third kappa shape index (κ3) is 2.01. The van der Waals surface area contributed by atoms with E-state index in [1.165, 1.54) is 12.1 Å². The number of hydrogen-bond acceptors (Lipinski definition) is 1. The van der Waals surface area contributed by atoms with Crippen LogP contribution in [0.25, 0.3) is 0 Å². The molecule has 1 amide bonds. The van der Waals surface area contributed by atoms with Crippen molar-refractivity contribution in [1.29, 1.82) is 0 Å². The Morgan fingerprint density at radius 1 is 1.53 bits per heavy atom. The van der Waals surface area contributed by atoms with Crippen molar-refractivity contribution in [1.82, 2.24) is 0 Å². The second kappa shape index (κ2) is 4.10. The highest BCUT2D eigenvalue weighted by Gasteiger charge is 2.30. The molecule has 1 atom stereocenters. The van der Waals surface area contributed by atoms with Crippen molar-refractivity contribution in [2.24, 2.45) is 0 Å². The first-order valence-electron chi connectivity index (χ1n) is 4.50. The number of anilines is 1. The summed E-state index contributed by atoms with van der Waals surface area (Å²) in [5.41, 5.74) is 0.647. The van der Waals surface area contributed by atoms with Crippen molar-refractivity contribution in [3.63, 3.8) is 0 Å². The molecule has 0 N–H and O–H groups in total. The molecule has 0 aliphatic carbocycles. The van der Waals surface area contributed by atoms with Crippen LogP contribution in [0.4, 0.5) is 10.1 Å². The molecule has 1 aromatic carbocycles. The van der Waals surface area contributed by atoms with Crippen LogP contribution in [0.5, 0.6) is 0 Å². The highest BCUT2D eigenvalue weighted by molar-refractivity contribution is 9.10. The molecule has 2 nitrogen and oxygen atoms in total. The van der Waals surface area contributed by atoms with Crippen LogP contribution in [0.2, 0.25) is 5.02 Å². The predicted molar refractivity (Wildman–Crippen MR) is 61.1 cm³/mol. The SMILES string of the molecule is O=C1[C@@H](Br)CCN1c1ccc(F)c(Cl)c1.